The second kappa shape index (κ2) is 8.28. The number of anilines is 3. The van der Waals surface area contributed by atoms with Crippen LogP contribution in [-0.4, -0.2) is 36.2 Å². The van der Waals surface area contributed by atoms with Crippen LogP contribution in [0.25, 0.3) is 21.8 Å². The number of nitrogens with one attached hydrogen (secondary N) is 1. The molecule has 2 aromatic carbocycles. The number of aromatic nitrogens is 3. The molecule has 0 aliphatic carbocycles. The van der Waals surface area contributed by atoms with Crippen LogP contribution >= 0.6 is 11.3 Å². The molecule has 2 heterocycles. The number of rotatable bonds is 6. The molecule has 0 saturated heterocycles. The van der Waals surface area contributed by atoms with Gasteiger partial charge in [0.2, 0.25) is 5.95 Å². The summed E-state index contributed by atoms with van der Waals surface area (Å²) in [5, 5.41) is 4.18. The summed E-state index contributed by atoms with van der Waals surface area (Å²) in [6, 6.07) is 19.8. The van der Waals surface area contributed by atoms with E-state index < -0.39 is 0 Å². The van der Waals surface area contributed by atoms with Crippen LogP contribution < -0.4 is 15.0 Å². The monoisotopic (exact) mass is 403 g/mol. The fourth-order valence-corrected chi connectivity index (χ4v) is 3.82. The van der Waals surface area contributed by atoms with E-state index in [0.29, 0.717) is 5.95 Å². The summed E-state index contributed by atoms with van der Waals surface area (Å²) >= 11 is 1.61. The molecule has 6 nitrogen and oxygen atoms in total. The van der Waals surface area contributed by atoms with Crippen LogP contribution in [0, 0.1) is 0 Å². The van der Waals surface area contributed by atoms with Gasteiger partial charge in [-0.25, -0.2) is 15.0 Å². The zero-order valence-electron chi connectivity index (χ0n) is 16.5. The van der Waals surface area contributed by atoms with E-state index in [1.165, 1.54) is 0 Å². The Morgan fingerprint density at radius 3 is 2.55 bits per heavy atom. The van der Waals surface area contributed by atoms with Crippen LogP contribution in [-0.2, 0) is 0 Å². The SMILES string of the molecule is COc1cccc(Nc2nccc(-c3sc(N(C)C)nc3-c3ccccc3)n2)c1. The number of methoxy groups -OCH3 is 1. The first-order valence-corrected chi connectivity index (χ1v) is 9.94. The highest BCUT2D eigenvalue weighted by molar-refractivity contribution is 7.19. The van der Waals surface area contributed by atoms with Crippen molar-refractivity contribution in [1.82, 2.24) is 15.0 Å². The summed E-state index contributed by atoms with van der Waals surface area (Å²) in [6.07, 6.45) is 1.76. The minimum absolute atomic E-state index is 0.523. The van der Waals surface area contributed by atoms with Crippen molar-refractivity contribution in [1.29, 1.82) is 0 Å². The van der Waals surface area contributed by atoms with Crippen molar-refractivity contribution >= 4 is 28.1 Å². The third kappa shape index (κ3) is 4.20. The third-order valence-corrected chi connectivity index (χ3v) is 5.51. The lowest BCUT2D eigenvalue weighted by Gasteiger charge is -2.08. The van der Waals surface area contributed by atoms with Gasteiger partial charge in [-0.1, -0.05) is 47.7 Å². The number of hydrogen-bond donors (Lipinski definition) is 1. The van der Waals surface area contributed by atoms with Crippen molar-refractivity contribution in [2.45, 2.75) is 0 Å². The number of thiazole rings is 1. The van der Waals surface area contributed by atoms with Crippen LogP contribution in [0.2, 0.25) is 0 Å². The normalized spacial score (nSPS) is 10.6. The molecule has 0 amide bonds. The maximum absolute atomic E-state index is 5.28. The van der Waals surface area contributed by atoms with Gasteiger partial charge in [-0.15, -0.1) is 0 Å². The molecule has 29 heavy (non-hydrogen) atoms. The lowest BCUT2D eigenvalue weighted by molar-refractivity contribution is 0.415. The minimum atomic E-state index is 0.523. The molecule has 0 fully saturated rings. The molecule has 0 atom stereocenters. The molecular weight excluding hydrogens is 382 g/mol. The van der Waals surface area contributed by atoms with Crippen LogP contribution in [0.1, 0.15) is 0 Å². The van der Waals surface area contributed by atoms with Gasteiger partial charge in [0.25, 0.3) is 0 Å². The average Bonchev–Trinajstić information content (AvgIpc) is 3.21. The maximum atomic E-state index is 5.28. The fraction of sp³-hybridized carbons (Fsp3) is 0.136. The zero-order valence-corrected chi connectivity index (χ0v) is 17.3. The van der Waals surface area contributed by atoms with Gasteiger partial charge in [0.15, 0.2) is 5.13 Å². The van der Waals surface area contributed by atoms with Gasteiger partial charge in [-0.3, -0.25) is 0 Å². The van der Waals surface area contributed by atoms with Crippen molar-refractivity contribution in [3.8, 4) is 27.6 Å². The first kappa shape index (κ1) is 18.9. The predicted octanol–water partition coefficient (Wildman–Crippen LogP) is 5.09. The first-order chi connectivity index (χ1) is 14.1. The van der Waals surface area contributed by atoms with E-state index >= 15 is 0 Å². The quantitative estimate of drug-likeness (QED) is 0.484. The zero-order chi connectivity index (χ0) is 20.2. The second-order valence-corrected chi connectivity index (χ2v) is 7.53. The Bertz CT molecular complexity index is 1110. The van der Waals surface area contributed by atoms with Crippen molar-refractivity contribution < 1.29 is 4.74 Å². The topological polar surface area (TPSA) is 63.2 Å². The Balaban J connectivity index is 1.72. The van der Waals surface area contributed by atoms with E-state index in [1.54, 1.807) is 24.6 Å². The molecule has 1 N–H and O–H groups in total. The standard InChI is InChI=1S/C22H21N5OS/c1-27(2)22-26-19(15-8-5-4-6-9-15)20(29-22)18-12-13-23-21(25-18)24-16-10-7-11-17(14-16)28-3/h4-14H,1-3H3,(H,23,24,25). The Hall–Kier alpha value is -3.45. The predicted molar refractivity (Wildman–Crippen MR) is 119 cm³/mol. The van der Waals surface area contributed by atoms with Gasteiger partial charge in [0.1, 0.15) is 5.75 Å². The van der Waals surface area contributed by atoms with Crippen LogP contribution in [0.5, 0.6) is 5.75 Å². The summed E-state index contributed by atoms with van der Waals surface area (Å²) in [5.41, 5.74) is 3.68. The van der Waals surface area contributed by atoms with Gasteiger partial charge < -0.3 is 15.0 Å². The number of ether oxygens (including phenoxy) is 1. The average molecular weight is 404 g/mol. The molecule has 4 rings (SSSR count). The number of nitrogens with zero attached hydrogens (tertiary/aromatic N) is 4. The Kier molecular flexibility index (Phi) is 5.39. The van der Waals surface area contributed by atoms with E-state index in [9.17, 15) is 0 Å². The van der Waals surface area contributed by atoms with Gasteiger partial charge >= 0.3 is 0 Å². The highest BCUT2D eigenvalue weighted by Gasteiger charge is 2.17. The van der Waals surface area contributed by atoms with Gasteiger partial charge in [-0.2, -0.15) is 0 Å². The Morgan fingerprint density at radius 1 is 0.966 bits per heavy atom. The fourth-order valence-electron chi connectivity index (χ4n) is 2.84. The van der Waals surface area contributed by atoms with E-state index in [4.69, 9.17) is 14.7 Å². The van der Waals surface area contributed by atoms with Crippen LogP contribution in [0.4, 0.5) is 16.8 Å². The van der Waals surface area contributed by atoms with Gasteiger partial charge in [-0.05, 0) is 18.2 Å². The smallest absolute Gasteiger partial charge is 0.227 e. The summed E-state index contributed by atoms with van der Waals surface area (Å²) in [4.78, 5) is 17.0. The molecule has 0 aliphatic heterocycles. The second-order valence-electron chi connectivity index (χ2n) is 6.56. The molecule has 7 heteroatoms. The third-order valence-electron chi connectivity index (χ3n) is 4.26. The van der Waals surface area contributed by atoms with E-state index in [1.807, 2.05) is 67.5 Å². The molecule has 4 aromatic rings. The Labute approximate surface area is 173 Å². The van der Waals surface area contributed by atoms with E-state index in [0.717, 1.165) is 38.4 Å². The molecule has 0 unspecified atom stereocenters. The molecular formula is C22H21N5OS. The van der Waals surface area contributed by atoms with Crippen molar-refractivity contribution in [2.24, 2.45) is 0 Å². The summed E-state index contributed by atoms with van der Waals surface area (Å²) in [5.74, 6) is 1.30. The van der Waals surface area contributed by atoms with Gasteiger partial charge in [0, 0.05) is 37.6 Å². The van der Waals surface area contributed by atoms with E-state index in [2.05, 4.69) is 22.4 Å². The van der Waals surface area contributed by atoms with Crippen molar-refractivity contribution in [2.75, 3.05) is 31.4 Å². The molecule has 2 aromatic heterocycles. The van der Waals surface area contributed by atoms with Gasteiger partial charge in [0.05, 0.1) is 23.4 Å². The summed E-state index contributed by atoms with van der Waals surface area (Å²) < 4.78 is 5.28. The molecule has 0 saturated carbocycles. The van der Waals surface area contributed by atoms with Crippen LogP contribution in [0.15, 0.2) is 66.9 Å². The van der Waals surface area contributed by atoms with Crippen molar-refractivity contribution in [3.63, 3.8) is 0 Å². The molecule has 0 bridgehead atoms. The van der Waals surface area contributed by atoms with E-state index in [-0.39, 0.29) is 0 Å². The first-order valence-electron chi connectivity index (χ1n) is 9.12. The molecule has 146 valence electrons. The highest BCUT2D eigenvalue weighted by atomic mass is 32.1. The van der Waals surface area contributed by atoms with Crippen LogP contribution in [0.3, 0.4) is 0 Å². The lowest BCUT2D eigenvalue weighted by atomic mass is 10.1. The maximum Gasteiger partial charge on any atom is 0.227 e. The Morgan fingerprint density at radius 2 is 1.79 bits per heavy atom. The summed E-state index contributed by atoms with van der Waals surface area (Å²) in [6.45, 7) is 0. The highest BCUT2D eigenvalue weighted by Crippen LogP contribution is 2.39. The molecule has 0 spiro atoms. The molecule has 0 aliphatic rings. The molecule has 0 radical (unpaired) electrons. The number of hydrogen-bond acceptors (Lipinski definition) is 7. The van der Waals surface area contributed by atoms with Crippen molar-refractivity contribution in [3.05, 3.63) is 66.9 Å². The lowest BCUT2D eigenvalue weighted by Crippen LogP contribution is -2.07. The number of benzene rings is 2. The largest absolute Gasteiger partial charge is 0.497 e. The minimum Gasteiger partial charge on any atom is -0.497 e. The summed E-state index contributed by atoms with van der Waals surface area (Å²) in [7, 11) is 5.63.